The van der Waals surface area contributed by atoms with E-state index in [1.165, 1.54) is 19.3 Å². The van der Waals surface area contributed by atoms with Gasteiger partial charge in [0.2, 0.25) is 0 Å². The van der Waals surface area contributed by atoms with Crippen LogP contribution in [0.2, 0.25) is 0 Å². The first-order chi connectivity index (χ1) is 9.58. The number of nitrogens with two attached hydrogens (primary N) is 1. The lowest BCUT2D eigenvalue weighted by Gasteiger charge is -2.38. The first kappa shape index (κ1) is 15.5. The fraction of sp³-hybridized carbons (Fsp3) is 0.857. The maximum absolute atomic E-state index is 12.2. The molecular weight excluding hydrogens is 272 g/mol. The molecule has 1 aliphatic carbocycles. The fourth-order valence-corrected chi connectivity index (χ4v) is 3.15. The highest BCUT2D eigenvalue weighted by Crippen LogP contribution is 2.17. The Bertz CT molecular complexity index is 349. The van der Waals surface area contributed by atoms with Crippen LogP contribution in [0.1, 0.15) is 39.0 Å². The predicted molar refractivity (Wildman–Crippen MR) is 84.8 cm³/mol. The van der Waals surface area contributed by atoms with Crippen molar-refractivity contribution in [1.82, 2.24) is 15.1 Å². The van der Waals surface area contributed by atoms with Crippen molar-refractivity contribution in [3.8, 4) is 0 Å². The van der Waals surface area contributed by atoms with Crippen molar-refractivity contribution in [2.75, 3.05) is 26.2 Å². The van der Waals surface area contributed by atoms with Crippen LogP contribution in [0.4, 0.5) is 4.79 Å². The van der Waals surface area contributed by atoms with E-state index in [1.807, 2.05) is 11.8 Å². The molecule has 2 fully saturated rings. The topological polar surface area (TPSA) is 61.6 Å². The molecule has 2 rings (SSSR count). The molecule has 1 saturated heterocycles. The number of carbonyl (C=O) groups is 1. The minimum absolute atomic E-state index is 0.0968. The van der Waals surface area contributed by atoms with Gasteiger partial charge in [0.1, 0.15) is 0 Å². The standard InChI is InChI=1S/C14H26N4OS/c1-11(13(15)20)17-7-9-18(10-8-17)14(19)16-12-5-3-2-4-6-12/h11-12H,2-10H2,1H3,(H2,15,20)(H,16,19). The number of piperazine rings is 1. The molecule has 1 saturated carbocycles. The van der Waals surface area contributed by atoms with Gasteiger partial charge < -0.3 is 16.0 Å². The van der Waals surface area contributed by atoms with Crippen LogP contribution in [0.15, 0.2) is 0 Å². The molecule has 0 spiro atoms. The molecule has 5 nitrogen and oxygen atoms in total. The normalized spacial score (nSPS) is 23.4. The maximum Gasteiger partial charge on any atom is 0.317 e. The number of thiocarbonyl (C=S) groups is 1. The summed E-state index contributed by atoms with van der Waals surface area (Å²) in [6.45, 7) is 5.23. The average molecular weight is 298 g/mol. The van der Waals surface area contributed by atoms with Crippen LogP contribution < -0.4 is 11.1 Å². The number of hydrogen-bond donors (Lipinski definition) is 2. The van der Waals surface area contributed by atoms with Crippen LogP contribution in [0, 0.1) is 0 Å². The Kier molecular flexibility index (Phi) is 5.60. The molecule has 114 valence electrons. The van der Waals surface area contributed by atoms with Gasteiger partial charge in [-0.15, -0.1) is 0 Å². The van der Waals surface area contributed by atoms with Gasteiger partial charge in [0.25, 0.3) is 0 Å². The fourth-order valence-electron chi connectivity index (χ4n) is 3.01. The number of nitrogens with one attached hydrogen (secondary N) is 1. The summed E-state index contributed by atoms with van der Waals surface area (Å²) in [6, 6.07) is 0.595. The highest BCUT2D eigenvalue weighted by atomic mass is 32.1. The lowest BCUT2D eigenvalue weighted by Crippen LogP contribution is -2.56. The van der Waals surface area contributed by atoms with Gasteiger partial charge in [0.15, 0.2) is 0 Å². The summed E-state index contributed by atoms with van der Waals surface area (Å²) >= 11 is 5.03. The van der Waals surface area contributed by atoms with Crippen molar-refractivity contribution >= 4 is 23.2 Å². The highest BCUT2D eigenvalue weighted by Gasteiger charge is 2.26. The van der Waals surface area contributed by atoms with Crippen molar-refractivity contribution < 1.29 is 4.79 Å². The van der Waals surface area contributed by atoms with E-state index in [-0.39, 0.29) is 12.1 Å². The molecule has 1 atom stereocenters. The Morgan fingerprint density at radius 1 is 1.20 bits per heavy atom. The van der Waals surface area contributed by atoms with Gasteiger partial charge in [0, 0.05) is 32.2 Å². The summed E-state index contributed by atoms with van der Waals surface area (Å²) in [6.07, 6.45) is 6.05. The summed E-state index contributed by atoms with van der Waals surface area (Å²) in [7, 11) is 0. The van der Waals surface area contributed by atoms with Crippen molar-refractivity contribution in [1.29, 1.82) is 0 Å². The quantitative estimate of drug-likeness (QED) is 0.772. The van der Waals surface area contributed by atoms with E-state index < -0.39 is 0 Å². The lowest BCUT2D eigenvalue weighted by atomic mass is 9.96. The van der Waals surface area contributed by atoms with E-state index in [2.05, 4.69) is 10.2 Å². The molecule has 0 aromatic heterocycles. The zero-order valence-corrected chi connectivity index (χ0v) is 13.1. The minimum Gasteiger partial charge on any atom is -0.392 e. The summed E-state index contributed by atoms with van der Waals surface area (Å²) in [5, 5.41) is 3.17. The van der Waals surface area contributed by atoms with Gasteiger partial charge in [0.05, 0.1) is 11.0 Å². The SMILES string of the molecule is CC(C(N)=S)N1CCN(C(=O)NC2CCCCC2)CC1. The molecule has 3 N–H and O–H groups in total. The van der Waals surface area contributed by atoms with Crippen LogP contribution in [-0.2, 0) is 0 Å². The summed E-state index contributed by atoms with van der Waals surface area (Å²) < 4.78 is 0. The number of nitrogens with zero attached hydrogens (tertiary/aromatic N) is 2. The van der Waals surface area contributed by atoms with E-state index in [9.17, 15) is 4.79 Å². The number of rotatable bonds is 3. The first-order valence-corrected chi connectivity index (χ1v) is 8.07. The van der Waals surface area contributed by atoms with Gasteiger partial charge in [-0.3, -0.25) is 4.90 Å². The second kappa shape index (κ2) is 7.22. The van der Waals surface area contributed by atoms with E-state index in [4.69, 9.17) is 18.0 Å². The number of amides is 2. The van der Waals surface area contributed by atoms with Gasteiger partial charge in [-0.2, -0.15) is 0 Å². The maximum atomic E-state index is 12.2. The molecule has 2 aliphatic rings. The molecule has 0 bridgehead atoms. The largest absolute Gasteiger partial charge is 0.392 e. The third-order valence-corrected chi connectivity index (χ3v) is 4.83. The zero-order valence-electron chi connectivity index (χ0n) is 12.3. The Hall–Kier alpha value is -0.880. The van der Waals surface area contributed by atoms with Gasteiger partial charge in [-0.1, -0.05) is 31.5 Å². The third kappa shape index (κ3) is 4.06. The Morgan fingerprint density at radius 3 is 2.35 bits per heavy atom. The second-order valence-electron chi connectivity index (χ2n) is 5.89. The smallest absolute Gasteiger partial charge is 0.317 e. The molecule has 2 amide bonds. The molecule has 1 aliphatic heterocycles. The number of hydrogen-bond acceptors (Lipinski definition) is 3. The zero-order chi connectivity index (χ0) is 14.5. The molecule has 0 radical (unpaired) electrons. The van der Waals surface area contributed by atoms with Gasteiger partial charge in [-0.05, 0) is 19.8 Å². The summed E-state index contributed by atoms with van der Waals surface area (Å²) in [5.41, 5.74) is 5.68. The molecule has 6 heteroatoms. The van der Waals surface area contributed by atoms with E-state index in [0.29, 0.717) is 11.0 Å². The highest BCUT2D eigenvalue weighted by molar-refractivity contribution is 7.80. The minimum atomic E-state index is 0.0968. The molecular formula is C14H26N4OS. The van der Waals surface area contributed by atoms with Crippen molar-refractivity contribution in [3.63, 3.8) is 0 Å². The van der Waals surface area contributed by atoms with Crippen LogP contribution in [-0.4, -0.2) is 59.1 Å². The van der Waals surface area contributed by atoms with Crippen LogP contribution >= 0.6 is 12.2 Å². The van der Waals surface area contributed by atoms with Crippen LogP contribution in [0.5, 0.6) is 0 Å². The summed E-state index contributed by atoms with van der Waals surface area (Å²) in [4.78, 5) is 16.9. The third-order valence-electron chi connectivity index (χ3n) is 4.49. The molecule has 1 heterocycles. The van der Waals surface area contributed by atoms with Crippen LogP contribution in [0.3, 0.4) is 0 Å². The summed E-state index contributed by atoms with van der Waals surface area (Å²) in [5.74, 6) is 0. The van der Waals surface area contributed by atoms with Crippen molar-refractivity contribution in [2.45, 2.75) is 51.1 Å². The van der Waals surface area contributed by atoms with E-state index in [1.54, 1.807) is 0 Å². The Balaban J connectivity index is 1.75. The van der Waals surface area contributed by atoms with Gasteiger partial charge >= 0.3 is 6.03 Å². The van der Waals surface area contributed by atoms with Gasteiger partial charge in [-0.25, -0.2) is 4.79 Å². The predicted octanol–water partition coefficient (Wildman–Crippen LogP) is 1.32. The Labute approximate surface area is 126 Å². The number of carbonyl (C=O) groups excluding carboxylic acids is 1. The molecule has 0 aromatic rings. The second-order valence-corrected chi connectivity index (χ2v) is 6.36. The first-order valence-electron chi connectivity index (χ1n) is 7.66. The van der Waals surface area contributed by atoms with Crippen molar-refractivity contribution in [2.24, 2.45) is 5.73 Å². The van der Waals surface area contributed by atoms with E-state index in [0.717, 1.165) is 39.0 Å². The number of urea groups is 1. The monoisotopic (exact) mass is 298 g/mol. The molecule has 20 heavy (non-hydrogen) atoms. The Morgan fingerprint density at radius 2 is 1.80 bits per heavy atom. The lowest BCUT2D eigenvalue weighted by molar-refractivity contribution is 0.128. The average Bonchev–Trinajstić information content (AvgIpc) is 2.47. The van der Waals surface area contributed by atoms with E-state index >= 15 is 0 Å². The van der Waals surface area contributed by atoms with Crippen molar-refractivity contribution in [3.05, 3.63) is 0 Å². The van der Waals surface area contributed by atoms with Crippen LogP contribution in [0.25, 0.3) is 0 Å². The molecule has 1 unspecified atom stereocenters. The molecule has 0 aromatic carbocycles.